The van der Waals surface area contributed by atoms with Gasteiger partial charge >= 0.3 is 0 Å². The second-order valence-corrected chi connectivity index (χ2v) is 9.66. The number of rotatable bonds is 9. The Morgan fingerprint density at radius 3 is 2.58 bits per heavy atom. The van der Waals surface area contributed by atoms with Gasteiger partial charge in [-0.25, -0.2) is 18.1 Å². The number of halogens is 1. The number of hydrogen-bond acceptors (Lipinski definition) is 4. The molecule has 7 nitrogen and oxygen atoms in total. The zero-order valence-corrected chi connectivity index (χ0v) is 19.3. The predicted octanol–water partition coefficient (Wildman–Crippen LogP) is 3.91. The van der Waals surface area contributed by atoms with E-state index in [-0.39, 0.29) is 28.9 Å². The average molecular weight is 483 g/mol. The van der Waals surface area contributed by atoms with Gasteiger partial charge in [0.2, 0.25) is 15.9 Å². The van der Waals surface area contributed by atoms with Crippen LogP contribution < -0.4 is 10.0 Å². The van der Waals surface area contributed by atoms with Crippen LogP contribution in [0, 0.1) is 0 Å². The van der Waals surface area contributed by atoms with Crippen LogP contribution in [0.5, 0.6) is 0 Å². The Morgan fingerprint density at radius 2 is 1.79 bits per heavy atom. The summed E-state index contributed by atoms with van der Waals surface area (Å²) in [5, 5.41) is 3.94. The van der Waals surface area contributed by atoms with Crippen molar-refractivity contribution in [3.8, 4) is 11.1 Å². The van der Waals surface area contributed by atoms with E-state index in [1.54, 1.807) is 12.1 Å². The molecular formula is C24H23ClN4O3S. The van der Waals surface area contributed by atoms with Crippen molar-refractivity contribution in [2.45, 2.75) is 17.7 Å². The molecule has 0 fully saturated rings. The number of carbonyl (C=O) groups excluding carboxylic acids is 1. The number of fused-ring (bicyclic) bond motifs is 1. The van der Waals surface area contributed by atoms with Crippen molar-refractivity contribution in [3.63, 3.8) is 0 Å². The summed E-state index contributed by atoms with van der Waals surface area (Å²) >= 11 is 5.94. The lowest BCUT2D eigenvalue weighted by Crippen LogP contribution is -2.34. The van der Waals surface area contributed by atoms with Crippen LogP contribution in [-0.4, -0.2) is 37.4 Å². The highest BCUT2D eigenvalue weighted by Gasteiger charge is 2.16. The number of pyridine rings is 1. The van der Waals surface area contributed by atoms with Gasteiger partial charge in [0.15, 0.2) is 0 Å². The Kier molecular flexibility index (Phi) is 7.08. The standard InChI is InChI=1S/C24H23ClN4O3S/c25-21-3-1-2-4-22(21)33(31,32)29-14-13-26-23(30)10-7-17-5-8-18(9-6-17)20-15-19-11-12-27-24(19)28-16-20/h1-6,8-9,11-12,15-16,29H,7,10,13-14H2,(H,26,30)(H,27,28). The van der Waals surface area contributed by atoms with Crippen LogP contribution in [0.4, 0.5) is 0 Å². The van der Waals surface area contributed by atoms with Gasteiger partial charge in [-0.3, -0.25) is 4.79 Å². The maximum absolute atomic E-state index is 12.3. The molecule has 3 N–H and O–H groups in total. The minimum Gasteiger partial charge on any atom is -0.355 e. The summed E-state index contributed by atoms with van der Waals surface area (Å²) in [6.45, 7) is 0.267. The van der Waals surface area contributed by atoms with Gasteiger partial charge < -0.3 is 10.3 Å². The highest BCUT2D eigenvalue weighted by Crippen LogP contribution is 2.23. The van der Waals surface area contributed by atoms with Crippen LogP contribution in [-0.2, 0) is 21.2 Å². The number of nitrogens with one attached hydrogen (secondary N) is 3. The number of amides is 1. The second kappa shape index (κ2) is 10.2. The third kappa shape index (κ3) is 5.78. The molecule has 4 rings (SSSR count). The van der Waals surface area contributed by atoms with Gasteiger partial charge in [0.1, 0.15) is 10.5 Å². The smallest absolute Gasteiger partial charge is 0.242 e. The van der Waals surface area contributed by atoms with Gasteiger partial charge in [0.05, 0.1) is 5.02 Å². The molecule has 0 bridgehead atoms. The van der Waals surface area contributed by atoms with Crippen molar-refractivity contribution in [3.05, 3.63) is 83.6 Å². The molecule has 33 heavy (non-hydrogen) atoms. The van der Waals surface area contributed by atoms with Gasteiger partial charge in [-0.2, -0.15) is 0 Å². The van der Waals surface area contributed by atoms with Gasteiger partial charge in [-0.05, 0) is 41.8 Å². The molecule has 2 aromatic heterocycles. The lowest BCUT2D eigenvalue weighted by atomic mass is 10.0. The van der Waals surface area contributed by atoms with Gasteiger partial charge in [0.25, 0.3) is 0 Å². The normalized spacial score (nSPS) is 11.5. The summed E-state index contributed by atoms with van der Waals surface area (Å²) in [4.78, 5) is 19.6. The first-order valence-corrected chi connectivity index (χ1v) is 12.3. The number of hydrogen-bond donors (Lipinski definition) is 3. The topological polar surface area (TPSA) is 104 Å². The number of nitrogens with zero attached hydrogens (tertiary/aromatic N) is 1. The van der Waals surface area contributed by atoms with Crippen molar-refractivity contribution in [1.82, 2.24) is 20.0 Å². The SMILES string of the molecule is O=C(CCc1ccc(-c2cnc3[nH]ccc3c2)cc1)NCCNS(=O)(=O)c1ccccc1Cl. The molecule has 2 aromatic carbocycles. The van der Waals surface area contributed by atoms with Crippen LogP contribution in [0.1, 0.15) is 12.0 Å². The summed E-state index contributed by atoms with van der Waals surface area (Å²) in [5.41, 5.74) is 4.00. The van der Waals surface area contributed by atoms with Gasteiger partial charge in [-0.15, -0.1) is 0 Å². The third-order valence-electron chi connectivity index (χ3n) is 5.19. The van der Waals surface area contributed by atoms with Gasteiger partial charge in [0, 0.05) is 42.9 Å². The van der Waals surface area contributed by atoms with Crippen molar-refractivity contribution in [2.75, 3.05) is 13.1 Å². The number of aryl methyl sites for hydroxylation is 1. The molecule has 0 saturated carbocycles. The molecular weight excluding hydrogens is 460 g/mol. The molecule has 4 aromatic rings. The van der Waals surface area contributed by atoms with Crippen LogP contribution in [0.25, 0.3) is 22.2 Å². The minimum atomic E-state index is -3.72. The zero-order chi connectivity index (χ0) is 23.3. The Balaban J connectivity index is 1.22. The Labute approximate surface area is 197 Å². The van der Waals surface area contributed by atoms with Crippen molar-refractivity contribution in [2.24, 2.45) is 0 Å². The molecule has 1 amide bonds. The minimum absolute atomic E-state index is 0.0187. The lowest BCUT2D eigenvalue weighted by Gasteiger charge is -2.09. The first kappa shape index (κ1) is 23.0. The average Bonchev–Trinajstić information content (AvgIpc) is 3.29. The molecule has 0 saturated heterocycles. The fourth-order valence-corrected chi connectivity index (χ4v) is 4.98. The number of aromatic amines is 1. The summed E-state index contributed by atoms with van der Waals surface area (Å²) in [7, 11) is -3.72. The Hall–Kier alpha value is -3.20. The molecule has 0 unspecified atom stereocenters. The number of H-pyrrole nitrogens is 1. The Morgan fingerprint density at radius 1 is 1.00 bits per heavy atom. The monoisotopic (exact) mass is 482 g/mol. The number of carbonyl (C=O) groups is 1. The van der Waals surface area contributed by atoms with E-state index in [1.165, 1.54) is 12.1 Å². The molecule has 0 aliphatic carbocycles. The summed E-state index contributed by atoms with van der Waals surface area (Å²) in [6, 6.07) is 18.3. The lowest BCUT2D eigenvalue weighted by molar-refractivity contribution is -0.121. The predicted molar refractivity (Wildman–Crippen MR) is 130 cm³/mol. The number of sulfonamides is 1. The summed E-state index contributed by atoms with van der Waals surface area (Å²) < 4.78 is 27.0. The van der Waals surface area contributed by atoms with E-state index in [4.69, 9.17) is 11.6 Å². The van der Waals surface area contributed by atoms with E-state index in [0.717, 1.165) is 27.7 Å². The van der Waals surface area contributed by atoms with Crippen LogP contribution >= 0.6 is 11.6 Å². The van der Waals surface area contributed by atoms with E-state index in [9.17, 15) is 13.2 Å². The molecule has 0 aliphatic heterocycles. The molecule has 0 aliphatic rings. The molecule has 9 heteroatoms. The third-order valence-corrected chi connectivity index (χ3v) is 7.15. The van der Waals surface area contributed by atoms with Crippen LogP contribution in [0.15, 0.2) is 78.0 Å². The second-order valence-electron chi connectivity index (χ2n) is 7.51. The first-order chi connectivity index (χ1) is 15.9. The molecule has 2 heterocycles. The maximum Gasteiger partial charge on any atom is 0.242 e. The number of aromatic nitrogens is 2. The van der Waals surface area contributed by atoms with Crippen LogP contribution in [0.2, 0.25) is 5.02 Å². The van der Waals surface area contributed by atoms with E-state index in [2.05, 4.69) is 26.1 Å². The maximum atomic E-state index is 12.3. The van der Waals surface area contributed by atoms with Crippen molar-refractivity contribution >= 4 is 38.6 Å². The Bertz CT molecular complexity index is 1370. The molecule has 0 radical (unpaired) electrons. The van der Waals surface area contributed by atoms with Crippen LogP contribution in [0.3, 0.4) is 0 Å². The fourth-order valence-electron chi connectivity index (χ4n) is 3.44. The van der Waals surface area contributed by atoms with E-state index in [1.807, 2.05) is 42.7 Å². The van der Waals surface area contributed by atoms with E-state index < -0.39 is 10.0 Å². The number of benzene rings is 2. The quantitative estimate of drug-likeness (QED) is 0.314. The highest BCUT2D eigenvalue weighted by molar-refractivity contribution is 7.89. The van der Waals surface area contributed by atoms with E-state index >= 15 is 0 Å². The molecule has 0 atom stereocenters. The molecule has 170 valence electrons. The van der Waals surface area contributed by atoms with E-state index in [0.29, 0.717) is 12.8 Å². The fraction of sp³-hybridized carbons (Fsp3) is 0.167. The highest BCUT2D eigenvalue weighted by atomic mass is 35.5. The molecule has 0 spiro atoms. The summed E-state index contributed by atoms with van der Waals surface area (Å²) in [5.74, 6) is -0.141. The largest absolute Gasteiger partial charge is 0.355 e. The van der Waals surface area contributed by atoms with Crippen molar-refractivity contribution in [1.29, 1.82) is 0 Å². The van der Waals surface area contributed by atoms with Gasteiger partial charge in [-0.1, -0.05) is 48.0 Å². The van der Waals surface area contributed by atoms with Crippen molar-refractivity contribution < 1.29 is 13.2 Å². The summed E-state index contributed by atoms with van der Waals surface area (Å²) in [6.07, 6.45) is 4.60. The first-order valence-electron chi connectivity index (χ1n) is 10.5. The zero-order valence-electron chi connectivity index (χ0n) is 17.7.